The molecule has 1 N–H and O–H groups in total. The van der Waals surface area contributed by atoms with Gasteiger partial charge in [-0.15, -0.1) is 5.10 Å². The van der Waals surface area contributed by atoms with Gasteiger partial charge in [-0.1, -0.05) is 19.1 Å². The van der Waals surface area contributed by atoms with Crippen molar-refractivity contribution in [2.45, 2.75) is 26.8 Å². The highest BCUT2D eigenvalue weighted by molar-refractivity contribution is 5.57. The molecule has 7 nitrogen and oxygen atoms in total. The summed E-state index contributed by atoms with van der Waals surface area (Å²) in [5.41, 5.74) is 3.17. The minimum absolute atomic E-state index is 0.518. The molecule has 1 aromatic carbocycles. The van der Waals surface area contributed by atoms with Crippen LogP contribution in [0.25, 0.3) is 17.4 Å². The second-order valence-electron chi connectivity index (χ2n) is 6.21. The van der Waals surface area contributed by atoms with Gasteiger partial charge >= 0.3 is 0 Å². The zero-order valence-corrected chi connectivity index (χ0v) is 15.6. The lowest BCUT2D eigenvalue weighted by Gasteiger charge is -2.14. The lowest BCUT2D eigenvalue weighted by Crippen LogP contribution is -2.11. The minimum atomic E-state index is 0.518. The first kappa shape index (κ1) is 17.1. The number of ether oxygens (including phenoxy) is 1. The number of hydrogen-bond acceptors (Lipinski definition) is 6. The van der Waals surface area contributed by atoms with Gasteiger partial charge in [0.15, 0.2) is 5.76 Å². The van der Waals surface area contributed by atoms with Crippen LogP contribution < -0.4 is 10.1 Å². The Kier molecular flexibility index (Phi) is 4.50. The fraction of sp³-hybridized carbons (Fsp3) is 0.250. The Morgan fingerprint density at radius 3 is 2.81 bits per heavy atom. The Bertz CT molecular complexity index is 1070. The largest absolute Gasteiger partial charge is 0.497 e. The van der Waals surface area contributed by atoms with Crippen molar-refractivity contribution in [2.24, 2.45) is 0 Å². The maximum absolute atomic E-state index is 5.43. The lowest BCUT2D eigenvalue weighted by molar-refractivity contribution is 0.414. The van der Waals surface area contributed by atoms with E-state index in [2.05, 4.69) is 33.4 Å². The topological polar surface area (TPSA) is 77.5 Å². The van der Waals surface area contributed by atoms with Gasteiger partial charge in [0, 0.05) is 17.8 Å². The molecule has 0 aliphatic rings. The van der Waals surface area contributed by atoms with Crippen molar-refractivity contribution < 1.29 is 9.15 Å². The number of rotatable bonds is 6. The van der Waals surface area contributed by atoms with E-state index < -0.39 is 0 Å². The molecule has 0 atom stereocenters. The fourth-order valence-corrected chi connectivity index (χ4v) is 3.13. The van der Waals surface area contributed by atoms with Crippen LogP contribution in [0.2, 0.25) is 0 Å². The summed E-state index contributed by atoms with van der Waals surface area (Å²) in [7, 11) is 1.67. The van der Waals surface area contributed by atoms with E-state index >= 15 is 0 Å². The molecule has 0 spiro atoms. The number of methoxy groups -OCH3 is 1. The van der Waals surface area contributed by atoms with Gasteiger partial charge < -0.3 is 14.5 Å². The summed E-state index contributed by atoms with van der Waals surface area (Å²) in [5, 5.41) is 8.12. The highest BCUT2D eigenvalue weighted by atomic mass is 16.5. The molecule has 0 bridgehead atoms. The summed E-state index contributed by atoms with van der Waals surface area (Å²) < 4.78 is 12.5. The molecular formula is C20H21N5O2. The second-order valence-corrected chi connectivity index (χ2v) is 6.21. The van der Waals surface area contributed by atoms with Crippen molar-refractivity contribution in [3.05, 3.63) is 59.5 Å². The van der Waals surface area contributed by atoms with Crippen molar-refractivity contribution in [3.8, 4) is 17.3 Å². The molecule has 0 aliphatic heterocycles. The maximum atomic E-state index is 5.43. The van der Waals surface area contributed by atoms with Gasteiger partial charge in [-0.2, -0.15) is 9.50 Å². The summed E-state index contributed by atoms with van der Waals surface area (Å²) in [4.78, 5) is 9.13. The standard InChI is InChI=1S/C20H21N5O2/c1-4-16-13(2)22-20-23-18(17-9-6-10-27-17)24-25(20)19(16)21-12-14-7-5-8-15(11-14)26-3/h5-11,21H,4,12H2,1-3H3. The van der Waals surface area contributed by atoms with Gasteiger partial charge in [0.25, 0.3) is 5.78 Å². The second kappa shape index (κ2) is 7.11. The fourth-order valence-electron chi connectivity index (χ4n) is 3.13. The normalized spacial score (nSPS) is 11.1. The molecular weight excluding hydrogens is 342 g/mol. The molecule has 27 heavy (non-hydrogen) atoms. The van der Waals surface area contributed by atoms with Gasteiger partial charge in [-0.05, 0) is 43.2 Å². The highest BCUT2D eigenvalue weighted by Crippen LogP contribution is 2.24. The van der Waals surface area contributed by atoms with Crippen molar-refractivity contribution in [1.82, 2.24) is 19.6 Å². The van der Waals surface area contributed by atoms with Crippen LogP contribution in [0.3, 0.4) is 0 Å². The van der Waals surface area contributed by atoms with Crippen LogP contribution in [0.4, 0.5) is 5.82 Å². The monoisotopic (exact) mass is 363 g/mol. The van der Waals surface area contributed by atoms with Gasteiger partial charge in [-0.25, -0.2) is 4.98 Å². The van der Waals surface area contributed by atoms with E-state index in [-0.39, 0.29) is 0 Å². The Balaban J connectivity index is 1.74. The van der Waals surface area contributed by atoms with E-state index in [0.717, 1.165) is 34.8 Å². The van der Waals surface area contributed by atoms with Gasteiger partial charge in [0.05, 0.1) is 13.4 Å². The predicted molar refractivity (Wildman–Crippen MR) is 103 cm³/mol. The van der Waals surface area contributed by atoms with E-state index in [0.29, 0.717) is 23.9 Å². The molecule has 7 heteroatoms. The van der Waals surface area contributed by atoms with Crippen LogP contribution in [0.1, 0.15) is 23.7 Å². The number of aryl methyl sites for hydroxylation is 1. The van der Waals surface area contributed by atoms with Gasteiger partial charge in [0.2, 0.25) is 5.82 Å². The highest BCUT2D eigenvalue weighted by Gasteiger charge is 2.17. The van der Waals surface area contributed by atoms with Crippen molar-refractivity contribution in [1.29, 1.82) is 0 Å². The molecule has 0 fully saturated rings. The molecule has 4 aromatic rings. The van der Waals surface area contributed by atoms with Crippen LogP contribution in [0.15, 0.2) is 47.1 Å². The zero-order valence-electron chi connectivity index (χ0n) is 15.6. The van der Waals surface area contributed by atoms with Crippen LogP contribution in [0.5, 0.6) is 5.75 Å². The maximum Gasteiger partial charge on any atom is 0.255 e. The molecule has 3 heterocycles. The Labute approximate surface area is 157 Å². The molecule has 3 aromatic heterocycles. The van der Waals surface area contributed by atoms with E-state index in [4.69, 9.17) is 9.15 Å². The molecule has 138 valence electrons. The summed E-state index contributed by atoms with van der Waals surface area (Å²) in [6.45, 7) is 4.74. The lowest BCUT2D eigenvalue weighted by atomic mass is 10.1. The first-order chi connectivity index (χ1) is 13.2. The summed E-state index contributed by atoms with van der Waals surface area (Å²) in [6, 6.07) is 11.6. The van der Waals surface area contributed by atoms with Crippen LogP contribution in [0, 0.1) is 6.92 Å². The number of furan rings is 1. The number of aromatic nitrogens is 4. The number of nitrogens with zero attached hydrogens (tertiary/aromatic N) is 4. The third-order valence-corrected chi connectivity index (χ3v) is 4.48. The number of fused-ring (bicyclic) bond motifs is 1. The van der Waals surface area contributed by atoms with Crippen LogP contribution >= 0.6 is 0 Å². The molecule has 0 amide bonds. The van der Waals surface area contributed by atoms with Gasteiger partial charge in [-0.3, -0.25) is 0 Å². The Hall–Kier alpha value is -3.35. The summed E-state index contributed by atoms with van der Waals surface area (Å²) >= 11 is 0. The average Bonchev–Trinajstić information content (AvgIpc) is 3.35. The smallest absolute Gasteiger partial charge is 0.255 e. The minimum Gasteiger partial charge on any atom is -0.497 e. The van der Waals surface area contributed by atoms with E-state index in [1.54, 1.807) is 17.9 Å². The van der Waals surface area contributed by atoms with E-state index in [1.165, 1.54) is 0 Å². The Morgan fingerprint density at radius 2 is 2.07 bits per heavy atom. The first-order valence-corrected chi connectivity index (χ1v) is 8.86. The first-order valence-electron chi connectivity index (χ1n) is 8.86. The van der Waals surface area contributed by atoms with Crippen molar-refractivity contribution >= 4 is 11.6 Å². The summed E-state index contributed by atoms with van der Waals surface area (Å²) in [5.74, 6) is 3.42. The predicted octanol–water partition coefficient (Wildman–Crippen LogP) is 3.88. The molecule has 4 rings (SSSR count). The Morgan fingerprint density at radius 1 is 1.19 bits per heavy atom. The molecule has 0 saturated carbocycles. The zero-order chi connectivity index (χ0) is 18.8. The molecule has 0 saturated heterocycles. The van der Waals surface area contributed by atoms with E-state index in [1.807, 2.05) is 37.3 Å². The van der Waals surface area contributed by atoms with Crippen LogP contribution in [-0.4, -0.2) is 26.7 Å². The van der Waals surface area contributed by atoms with E-state index in [9.17, 15) is 0 Å². The quantitative estimate of drug-likeness (QED) is 0.560. The van der Waals surface area contributed by atoms with Gasteiger partial charge in [0.1, 0.15) is 11.6 Å². The molecule has 0 radical (unpaired) electrons. The number of anilines is 1. The summed E-state index contributed by atoms with van der Waals surface area (Å²) in [6.07, 6.45) is 2.45. The van der Waals surface area contributed by atoms with Crippen molar-refractivity contribution in [3.63, 3.8) is 0 Å². The number of benzene rings is 1. The van der Waals surface area contributed by atoms with Crippen molar-refractivity contribution in [2.75, 3.05) is 12.4 Å². The third-order valence-electron chi connectivity index (χ3n) is 4.48. The molecule has 0 aliphatic carbocycles. The number of nitrogens with one attached hydrogen (secondary N) is 1. The molecule has 0 unspecified atom stereocenters. The SMILES string of the molecule is CCc1c(C)nc2nc(-c3ccco3)nn2c1NCc1cccc(OC)c1. The average molecular weight is 363 g/mol. The number of hydrogen-bond donors (Lipinski definition) is 1. The third kappa shape index (κ3) is 3.23. The van der Waals surface area contributed by atoms with Crippen LogP contribution in [-0.2, 0) is 13.0 Å².